The van der Waals surface area contributed by atoms with Crippen LogP contribution in [0.1, 0.15) is 5.82 Å². The summed E-state index contributed by atoms with van der Waals surface area (Å²) in [7, 11) is 0. The number of nitrogens with zero attached hydrogens (tertiary/aromatic N) is 2. The second-order valence-electron chi connectivity index (χ2n) is 3.82. The highest BCUT2D eigenvalue weighted by Gasteiger charge is 2.13. The Morgan fingerprint density at radius 2 is 2.00 bits per heavy atom. The number of rotatable bonds is 2. The Morgan fingerprint density at radius 1 is 1.17 bits per heavy atom. The van der Waals surface area contributed by atoms with Crippen molar-refractivity contribution < 1.29 is 9.47 Å². The molecule has 92 valence electrons. The van der Waals surface area contributed by atoms with Crippen LogP contribution in [0.5, 0.6) is 11.5 Å². The molecule has 1 aliphatic heterocycles. The zero-order valence-electron chi connectivity index (χ0n) is 9.61. The molecule has 1 aromatic carbocycles. The van der Waals surface area contributed by atoms with Crippen LogP contribution in [-0.4, -0.2) is 16.8 Å². The summed E-state index contributed by atoms with van der Waals surface area (Å²) < 4.78 is 11.3. The van der Waals surface area contributed by atoms with Crippen molar-refractivity contribution in [1.29, 1.82) is 0 Å². The molecule has 0 spiro atoms. The number of anilines is 2. The van der Waals surface area contributed by atoms with Crippen molar-refractivity contribution in [1.82, 2.24) is 9.97 Å². The van der Waals surface area contributed by atoms with Crippen molar-refractivity contribution in [2.75, 3.05) is 12.1 Å². The van der Waals surface area contributed by atoms with Crippen LogP contribution in [0.25, 0.3) is 0 Å². The SMILES string of the molecule is Cc1nc(Br)cc(Nc2ccc3c(c2)OCO3)n1. The van der Waals surface area contributed by atoms with Crippen molar-refractivity contribution in [3.63, 3.8) is 0 Å². The topological polar surface area (TPSA) is 56.3 Å². The van der Waals surface area contributed by atoms with E-state index in [0.29, 0.717) is 5.82 Å². The zero-order valence-corrected chi connectivity index (χ0v) is 11.2. The lowest BCUT2D eigenvalue weighted by Gasteiger charge is -2.07. The molecule has 0 amide bonds. The molecule has 0 saturated heterocycles. The summed E-state index contributed by atoms with van der Waals surface area (Å²) in [5.41, 5.74) is 0.893. The van der Waals surface area contributed by atoms with Crippen LogP contribution >= 0.6 is 15.9 Å². The number of aryl methyl sites for hydroxylation is 1. The third-order valence-electron chi connectivity index (χ3n) is 2.45. The number of hydrogen-bond acceptors (Lipinski definition) is 5. The summed E-state index contributed by atoms with van der Waals surface area (Å²) in [5.74, 6) is 2.94. The standard InChI is InChI=1S/C12H10BrN3O2/c1-7-14-11(13)5-12(15-7)16-8-2-3-9-10(4-8)18-6-17-9/h2-5H,6H2,1H3,(H,14,15,16). The summed E-state index contributed by atoms with van der Waals surface area (Å²) in [6, 6.07) is 7.48. The fourth-order valence-corrected chi connectivity index (χ4v) is 2.19. The summed E-state index contributed by atoms with van der Waals surface area (Å²) in [4.78, 5) is 8.45. The maximum atomic E-state index is 5.32. The lowest BCUT2D eigenvalue weighted by atomic mass is 10.3. The quantitative estimate of drug-likeness (QED) is 0.864. The molecular weight excluding hydrogens is 298 g/mol. The van der Waals surface area contributed by atoms with Crippen LogP contribution < -0.4 is 14.8 Å². The van der Waals surface area contributed by atoms with E-state index < -0.39 is 0 Å². The van der Waals surface area contributed by atoms with E-state index in [-0.39, 0.29) is 6.79 Å². The van der Waals surface area contributed by atoms with Gasteiger partial charge < -0.3 is 14.8 Å². The van der Waals surface area contributed by atoms with Crippen molar-refractivity contribution in [3.05, 3.63) is 34.7 Å². The molecule has 18 heavy (non-hydrogen) atoms. The highest BCUT2D eigenvalue weighted by atomic mass is 79.9. The number of halogens is 1. The van der Waals surface area contributed by atoms with Gasteiger partial charge in [-0.05, 0) is 35.0 Å². The number of aromatic nitrogens is 2. The molecule has 0 unspecified atom stereocenters. The predicted octanol–water partition coefficient (Wildman–Crippen LogP) is 3.02. The van der Waals surface area contributed by atoms with E-state index in [4.69, 9.17) is 9.47 Å². The van der Waals surface area contributed by atoms with Gasteiger partial charge in [-0.15, -0.1) is 0 Å². The Labute approximate surface area is 112 Å². The minimum atomic E-state index is 0.275. The molecular formula is C12H10BrN3O2. The van der Waals surface area contributed by atoms with E-state index >= 15 is 0 Å². The van der Waals surface area contributed by atoms with Gasteiger partial charge >= 0.3 is 0 Å². The maximum absolute atomic E-state index is 5.32. The van der Waals surface area contributed by atoms with Gasteiger partial charge in [0.1, 0.15) is 16.2 Å². The van der Waals surface area contributed by atoms with Gasteiger partial charge in [0, 0.05) is 17.8 Å². The number of nitrogens with one attached hydrogen (secondary N) is 1. The molecule has 1 N–H and O–H groups in total. The fraction of sp³-hybridized carbons (Fsp3) is 0.167. The van der Waals surface area contributed by atoms with Crippen molar-refractivity contribution >= 4 is 27.4 Å². The predicted molar refractivity (Wildman–Crippen MR) is 70.3 cm³/mol. The minimum absolute atomic E-state index is 0.275. The molecule has 0 radical (unpaired) electrons. The van der Waals surface area contributed by atoms with Crippen LogP contribution in [0.3, 0.4) is 0 Å². The number of fused-ring (bicyclic) bond motifs is 1. The number of ether oxygens (including phenoxy) is 2. The summed E-state index contributed by atoms with van der Waals surface area (Å²) in [5, 5.41) is 3.20. The van der Waals surface area contributed by atoms with Crippen LogP contribution in [0.4, 0.5) is 11.5 Å². The molecule has 2 aromatic rings. The number of benzene rings is 1. The molecule has 0 fully saturated rings. The average Bonchev–Trinajstić information content (AvgIpc) is 2.74. The Hall–Kier alpha value is -1.82. The highest BCUT2D eigenvalue weighted by Crippen LogP contribution is 2.34. The second-order valence-corrected chi connectivity index (χ2v) is 4.63. The van der Waals surface area contributed by atoms with Gasteiger partial charge in [-0.1, -0.05) is 0 Å². The molecule has 3 rings (SSSR count). The monoisotopic (exact) mass is 307 g/mol. The normalized spacial score (nSPS) is 12.6. The van der Waals surface area contributed by atoms with Crippen molar-refractivity contribution in [3.8, 4) is 11.5 Å². The Bertz CT molecular complexity index is 584. The molecule has 6 heteroatoms. The lowest BCUT2D eigenvalue weighted by Crippen LogP contribution is -1.97. The molecule has 0 aliphatic carbocycles. The van der Waals surface area contributed by atoms with Gasteiger partial charge in [-0.3, -0.25) is 0 Å². The Balaban J connectivity index is 1.88. The number of hydrogen-bond donors (Lipinski definition) is 1. The molecule has 1 aliphatic rings. The van der Waals surface area contributed by atoms with Gasteiger partial charge in [-0.2, -0.15) is 0 Å². The molecule has 1 aromatic heterocycles. The van der Waals surface area contributed by atoms with Gasteiger partial charge in [-0.25, -0.2) is 9.97 Å². The van der Waals surface area contributed by atoms with Crippen LogP contribution in [0.15, 0.2) is 28.9 Å². The first-order valence-electron chi connectivity index (χ1n) is 5.38. The van der Waals surface area contributed by atoms with Gasteiger partial charge in [0.05, 0.1) is 0 Å². The largest absolute Gasteiger partial charge is 0.454 e. The van der Waals surface area contributed by atoms with E-state index in [1.54, 1.807) is 0 Å². The molecule has 0 bridgehead atoms. The third-order valence-corrected chi connectivity index (χ3v) is 2.86. The van der Waals surface area contributed by atoms with E-state index in [1.165, 1.54) is 0 Å². The second kappa shape index (κ2) is 4.45. The average molecular weight is 308 g/mol. The fourth-order valence-electron chi connectivity index (χ4n) is 1.72. The first-order valence-corrected chi connectivity index (χ1v) is 6.18. The lowest BCUT2D eigenvalue weighted by molar-refractivity contribution is 0.174. The van der Waals surface area contributed by atoms with Gasteiger partial charge in [0.2, 0.25) is 6.79 Å². The molecule has 5 nitrogen and oxygen atoms in total. The van der Waals surface area contributed by atoms with E-state index in [0.717, 1.165) is 27.6 Å². The molecule has 0 atom stereocenters. The molecule has 2 heterocycles. The Morgan fingerprint density at radius 3 is 2.83 bits per heavy atom. The summed E-state index contributed by atoms with van der Waals surface area (Å²) in [6.07, 6.45) is 0. The first-order chi connectivity index (χ1) is 8.70. The highest BCUT2D eigenvalue weighted by molar-refractivity contribution is 9.10. The minimum Gasteiger partial charge on any atom is -0.454 e. The van der Waals surface area contributed by atoms with E-state index in [2.05, 4.69) is 31.2 Å². The summed E-state index contributed by atoms with van der Waals surface area (Å²) >= 11 is 3.34. The van der Waals surface area contributed by atoms with E-state index in [9.17, 15) is 0 Å². The Kier molecular flexibility index (Phi) is 2.79. The third kappa shape index (κ3) is 2.24. The van der Waals surface area contributed by atoms with Crippen molar-refractivity contribution in [2.45, 2.75) is 6.92 Å². The maximum Gasteiger partial charge on any atom is 0.231 e. The smallest absolute Gasteiger partial charge is 0.231 e. The van der Waals surface area contributed by atoms with E-state index in [1.807, 2.05) is 31.2 Å². The van der Waals surface area contributed by atoms with Crippen molar-refractivity contribution in [2.24, 2.45) is 0 Å². The van der Waals surface area contributed by atoms with Crippen LogP contribution in [0, 0.1) is 6.92 Å². The van der Waals surface area contributed by atoms with Gasteiger partial charge in [0.25, 0.3) is 0 Å². The zero-order chi connectivity index (χ0) is 12.5. The van der Waals surface area contributed by atoms with Crippen LogP contribution in [-0.2, 0) is 0 Å². The van der Waals surface area contributed by atoms with Crippen LogP contribution in [0.2, 0.25) is 0 Å². The summed E-state index contributed by atoms with van der Waals surface area (Å²) in [6.45, 7) is 2.12. The first kappa shape index (κ1) is 11.3. The molecule has 0 saturated carbocycles. The van der Waals surface area contributed by atoms with Gasteiger partial charge in [0.15, 0.2) is 11.5 Å².